The largest absolute Gasteiger partial charge is 0.480 e. The SMILES string of the molecule is O=C(NCC(NS(=O)(=O)c1ccc(-c2c(Cl)cccc2Cl)cc1)C(=O)O)C1=NOC(CCCCNc2ncc[nH]2)C1. The molecule has 1 aromatic heterocycles. The average molecular weight is 624 g/mol. The van der Waals surface area contributed by atoms with E-state index in [-0.39, 0.29) is 23.1 Å². The summed E-state index contributed by atoms with van der Waals surface area (Å²) in [5, 5.41) is 19.8. The van der Waals surface area contributed by atoms with E-state index < -0.39 is 34.5 Å². The number of nitrogens with zero attached hydrogens (tertiary/aromatic N) is 2. The summed E-state index contributed by atoms with van der Waals surface area (Å²) in [5.41, 5.74) is 1.25. The molecule has 0 spiro atoms. The lowest BCUT2D eigenvalue weighted by Crippen LogP contribution is -2.49. The van der Waals surface area contributed by atoms with Gasteiger partial charge in [-0.1, -0.05) is 46.6 Å². The van der Waals surface area contributed by atoms with E-state index in [9.17, 15) is 23.1 Å². The summed E-state index contributed by atoms with van der Waals surface area (Å²) >= 11 is 12.5. The summed E-state index contributed by atoms with van der Waals surface area (Å²) in [6.45, 7) is 0.226. The number of aromatic amines is 1. The predicted octanol–water partition coefficient (Wildman–Crippen LogP) is 3.66. The number of carbonyl (C=O) groups is 2. The van der Waals surface area contributed by atoms with Crippen molar-refractivity contribution in [2.75, 3.05) is 18.4 Å². The Morgan fingerprint density at radius 3 is 2.51 bits per heavy atom. The smallest absolute Gasteiger partial charge is 0.323 e. The minimum Gasteiger partial charge on any atom is -0.480 e. The molecule has 0 saturated carbocycles. The van der Waals surface area contributed by atoms with Crippen molar-refractivity contribution in [1.82, 2.24) is 20.0 Å². The van der Waals surface area contributed by atoms with Gasteiger partial charge in [0.05, 0.1) is 4.90 Å². The molecule has 2 unspecified atom stereocenters. The van der Waals surface area contributed by atoms with Crippen LogP contribution in [0.3, 0.4) is 0 Å². The molecule has 15 heteroatoms. The summed E-state index contributed by atoms with van der Waals surface area (Å²) in [4.78, 5) is 36.5. The number of imidazole rings is 1. The van der Waals surface area contributed by atoms with Crippen molar-refractivity contribution in [3.63, 3.8) is 0 Å². The standard InChI is InChI=1S/C26H28Cl2N6O6S/c27-19-5-3-6-20(28)23(19)16-7-9-18(10-8-16)41(38,39)34-22(25(36)37)15-32-24(35)21-14-17(40-33-21)4-1-2-11-29-26-30-12-13-31-26/h3,5-10,12-13,17,22,34H,1-2,4,11,14-15H2,(H,32,35)(H,36,37)(H2,29,30,31). The van der Waals surface area contributed by atoms with Crippen molar-refractivity contribution >= 4 is 56.8 Å². The minimum absolute atomic E-state index is 0.115. The van der Waals surface area contributed by atoms with Crippen LogP contribution in [0.25, 0.3) is 11.1 Å². The molecular weight excluding hydrogens is 595 g/mol. The van der Waals surface area contributed by atoms with Gasteiger partial charge in [0.1, 0.15) is 17.9 Å². The third-order valence-electron chi connectivity index (χ3n) is 6.22. The van der Waals surface area contributed by atoms with Gasteiger partial charge in [-0.3, -0.25) is 9.59 Å². The van der Waals surface area contributed by atoms with Gasteiger partial charge in [-0.2, -0.15) is 4.72 Å². The van der Waals surface area contributed by atoms with Gasteiger partial charge in [0.2, 0.25) is 10.0 Å². The van der Waals surface area contributed by atoms with Gasteiger partial charge >= 0.3 is 5.97 Å². The number of carboxylic acids is 1. The van der Waals surface area contributed by atoms with Crippen LogP contribution >= 0.6 is 23.2 Å². The fraction of sp³-hybridized carbons (Fsp3) is 0.308. The molecule has 2 heterocycles. The topological polar surface area (TPSA) is 175 Å². The van der Waals surface area contributed by atoms with Gasteiger partial charge in [0, 0.05) is 47.5 Å². The van der Waals surface area contributed by atoms with E-state index in [1.807, 2.05) is 0 Å². The Kier molecular flexibility index (Phi) is 10.2. The first-order chi connectivity index (χ1) is 19.6. The van der Waals surface area contributed by atoms with Gasteiger partial charge < -0.3 is 25.6 Å². The Morgan fingerprint density at radius 2 is 1.85 bits per heavy atom. The first-order valence-corrected chi connectivity index (χ1v) is 14.9. The van der Waals surface area contributed by atoms with Crippen LogP contribution in [0.15, 0.2) is 64.9 Å². The van der Waals surface area contributed by atoms with Crippen LogP contribution in [0.5, 0.6) is 0 Å². The summed E-state index contributed by atoms with van der Waals surface area (Å²) < 4.78 is 27.9. The maximum atomic E-state index is 12.9. The van der Waals surface area contributed by atoms with Crippen LogP contribution < -0.4 is 15.4 Å². The molecule has 2 atom stereocenters. The number of aliphatic carboxylic acids is 1. The number of sulfonamides is 1. The van der Waals surface area contributed by atoms with Crippen molar-refractivity contribution in [3.05, 3.63) is 64.9 Å². The summed E-state index contributed by atoms with van der Waals surface area (Å²) in [7, 11) is -4.24. The molecule has 218 valence electrons. The number of rotatable bonds is 14. The highest BCUT2D eigenvalue weighted by Gasteiger charge is 2.29. The number of unbranched alkanes of at least 4 members (excludes halogenated alkanes) is 1. The molecule has 5 N–H and O–H groups in total. The van der Waals surface area contributed by atoms with Crippen molar-refractivity contribution in [1.29, 1.82) is 0 Å². The number of amides is 1. The summed E-state index contributed by atoms with van der Waals surface area (Å²) in [6, 6.07) is 9.05. The number of oxime groups is 1. The zero-order valence-corrected chi connectivity index (χ0v) is 24.0. The first kappa shape index (κ1) is 30.3. The van der Waals surface area contributed by atoms with Crippen LogP contribution in [-0.2, 0) is 24.4 Å². The quantitative estimate of drug-likeness (QED) is 0.169. The van der Waals surface area contributed by atoms with Gasteiger partial charge in [0.25, 0.3) is 5.91 Å². The second-order valence-corrected chi connectivity index (χ2v) is 11.7. The number of H-pyrrole nitrogens is 1. The Bertz CT molecular complexity index is 1480. The van der Waals surface area contributed by atoms with Crippen molar-refractivity contribution in [2.45, 2.75) is 42.7 Å². The van der Waals surface area contributed by atoms with E-state index in [4.69, 9.17) is 28.0 Å². The van der Waals surface area contributed by atoms with Gasteiger partial charge in [-0.25, -0.2) is 13.4 Å². The lowest BCUT2D eigenvalue weighted by molar-refractivity contribution is -0.138. The zero-order valence-electron chi connectivity index (χ0n) is 21.6. The molecule has 0 radical (unpaired) electrons. The molecular formula is C26H28Cl2N6O6S. The minimum atomic E-state index is -4.24. The Balaban J connectivity index is 1.25. The second kappa shape index (κ2) is 13.8. The number of nitrogens with one attached hydrogen (secondary N) is 4. The average Bonchev–Trinajstić information content (AvgIpc) is 3.63. The first-order valence-electron chi connectivity index (χ1n) is 12.7. The summed E-state index contributed by atoms with van der Waals surface area (Å²) in [6.07, 6.45) is 5.76. The maximum absolute atomic E-state index is 12.9. The van der Waals surface area contributed by atoms with Crippen molar-refractivity contribution in [3.8, 4) is 11.1 Å². The van der Waals surface area contributed by atoms with Crippen LogP contribution in [0.4, 0.5) is 5.95 Å². The van der Waals surface area contributed by atoms with Gasteiger partial charge in [-0.05, 0) is 49.1 Å². The van der Waals surface area contributed by atoms with E-state index in [1.54, 1.807) is 30.6 Å². The van der Waals surface area contributed by atoms with E-state index >= 15 is 0 Å². The molecule has 12 nitrogen and oxygen atoms in total. The molecule has 2 aromatic carbocycles. The fourth-order valence-electron chi connectivity index (χ4n) is 4.09. The third kappa shape index (κ3) is 8.19. The lowest BCUT2D eigenvalue weighted by Gasteiger charge is -2.16. The van der Waals surface area contributed by atoms with E-state index in [2.05, 4.69) is 30.5 Å². The van der Waals surface area contributed by atoms with Crippen LogP contribution in [0.1, 0.15) is 25.7 Å². The predicted molar refractivity (Wildman–Crippen MR) is 155 cm³/mol. The number of carboxylic acid groups (broad SMARTS) is 1. The maximum Gasteiger partial charge on any atom is 0.323 e. The Morgan fingerprint density at radius 1 is 1.12 bits per heavy atom. The molecule has 3 aromatic rings. The number of carbonyl (C=O) groups excluding carboxylic acids is 1. The Labute approximate surface area is 246 Å². The normalized spacial score (nSPS) is 15.6. The number of hydrogen-bond acceptors (Lipinski definition) is 8. The fourth-order valence-corrected chi connectivity index (χ4v) is 5.89. The molecule has 0 aliphatic carbocycles. The number of benzene rings is 2. The van der Waals surface area contributed by atoms with E-state index in [1.165, 1.54) is 24.3 Å². The van der Waals surface area contributed by atoms with Crippen LogP contribution in [-0.4, -0.2) is 66.3 Å². The number of halogens is 2. The van der Waals surface area contributed by atoms with Gasteiger partial charge in [-0.15, -0.1) is 0 Å². The molecule has 1 aliphatic heterocycles. The highest BCUT2D eigenvalue weighted by atomic mass is 35.5. The Hall–Kier alpha value is -3.65. The van der Waals surface area contributed by atoms with E-state index in [0.717, 1.165) is 19.4 Å². The number of anilines is 1. The monoisotopic (exact) mass is 622 g/mol. The second-order valence-electron chi connectivity index (χ2n) is 9.17. The van der Waals surface area contributed by atoms with Crippen LogP contribution in [0.2, 0.25) is 10.0 Å². The molecule has 41 heavy (non-hydrogen) atoms. The zero-order chi connectivity index (χ0) is 29.4. The van der Waals surface area contributed by atoms with Gasteiger partial charge in [0.15, 0.2) is 5.95 Å². The highest BCUT2D eigenvalue weighted by molar-refractivity contribution is 7.89. The van der Waals surface area contributed by atoms with Crippen molar-refractivity contribution < 1.29 is 28.0 Å². The number of aromatic nitrogens is 2. The third-order valence-corrected chi connectivity index (χ3v) is 8.33. The number of hydrogen-bond donors (Lipinski definition) is 5. The lowest BCUT2D eigenvalue weighted by atomic mass is 10.1. The molecule has 4 rings (SSSR count). The molecule has 0 fully saturated rings. The highest BCUT2D eigenvalue weighted by Crippen LogP contribution is 2.34. The van der Waals surface area contributed by atoms with Crippen LogP contribution in [0, 0.1) is 0 Å². The molecule has 1 aliphatic rings. The molecule has 1 amide bonds. The summed E-state index contributed by atoms with van der Waals surface area (Å²) in [5.74, 6) is -1.39. The molecule has 0 bridgehead atoms. The molecule has 0 saturated heterocycles. The van der Waals surface area contributed by atoms with E-state index in [0.29, 0.717) is 33.5 Å². The van der Waals surface area contributed by atoms with Crippen molar-refractivity contribution in [2.24, 2.45) is 5.16 Å².